The molecule has 0 aliphatic heterocycles. The van der Waals surface area contributed by atoms with Crippen LogP contribution in [0.3, 0.4) is 0 Å². The van der Waals surface area contributed by atoms with Gasteiger partial charge in [0, 0.05) is 11.6 Å². The second-order valence-electron chi connectivity index (χ2n) is 2.96. The molecule has 0 atom stereocenters. The molecule has 0 aliphatic rings. The Kier molecular flexibility index (Phi) is 2.29. The van der Waals surface area contributed by atoms with Crippen molar-refractivity contribution >= 4 is 0 Å². The van der Waals surface area contributed by atoms with Gasteiger partial charge in [-0.2, -0.15) is 5.10 Å². The molecule has 1 aromatic heterocycles. The Morgan fingerprint density at radius 1 is 1.13 bits per heavy atom. The van der Waals surface area contributed by atoms with E-state index in [1.54, 1.807) is 0 Å². The minimum absolute atomic E-state index is 0.298. The predicted octanol–water partition coefficient (Wildman–Crippen LogP) is 1.72. The molecule has 0 amide bonds. The highest BCUT2D eigenvalue weighted by molar-refractivity contribution is 5.58. The van der Waals surface area contributed by atoms with Crippen LogP contribution < -0.4 is 5.43 Å². The quantitative estimate of drug-likeness (QED) is 0.775. The van der Waals surface area contributed by atoms with Crippen molar-refractivity contribution in [3.63, 3.8) is 0 Å². The van der Waals surface area contributed by atoms with Crippen molar-refractivity contribution in [3.8, 4) is 11.3 Å². The van der Waals surface area contributed by atoms with Gasteiger partial charge in [-0.15, -0.1) is 0 Å². The van der Waals surface area contributed by atoms with Gasteiger partial charge in [-0.3, -0.25) is 9.89 Å². The molecule has 1 heterocycles. The van der Waals surface area contributed by atoms with Crippen LogP contribution >= 0.6 is 0 Å². The van der Waals surface area contributed by atoms with Crippen LogP contribution in [0.1, 0.15) is 0 Å². The van der Waals surface area contributed by atoms with Gasteiger partial charge in [0.15, 0.2) is 11.6 Å². The molecule has 0 aliphatic carbocycles. The van der Waals surface area contributed by atoms with Crippen LogP contribution in [0, 0.1) is 11.6 Å². The van der Waals surface area contributed by atoms with Gasteiger partial charge in [-0.1, -0.05) is 0 Å². The van der Waals surface area contributed by atoms with Crippen molar-refractivity contribution in [1.29, 1.82) is 0 Å². The summed E-state index contributed by atoms with van der Waals surface area (Å²) in [6.07, 6.45) is 1.10. The van der Waals surface area contributed by atoms with Crippen LogP contribution in [-0.4, -0.2) is 10.2 Å². The molecule has 1 N–H and O–H groups in total. The molecule has 15 heavy (non-hydrogen) atoms. The average molecular weight is 208 g/mol. The number of rotatable bonds is 1. The average Bonchev–Trinajstić information content (AvgIpc) is 2.22. The SMILES string of the molecule is O=c1cn[nH]c(-c2ccc(F)c(F)c2)c1. The Morgan fingerprint density at radius 2 is 1.93 bits per heavy atom. The van der Waals surface area contributed by atoms with Crippen molar-refractivity contribution < 1.29 is 8.78 Å². The number of H-pyrrole nitrogens is 1. The van der Waals surface area contributed by atoms with Crippen molar-refractivity contribution in [3.05, 3.63) is 52.3 Å². The maximum atomic E-state index is 12.9. The van der Waals surface area contributed by atoms with Gasteiger partial charge >= 0.3 is 0 Å². The summed E-state index contributed by atoms with van der Waals surface area (Å²) < 4.78 is 25.5. The molecule has 0 unspecified atom stereocenters. The highest BCUT2D eigenvalue weighted by Crippen LogP contribution is 2.17. The molecule has 0 bridgehead atoms. The van der Waals surface area contributed by atoms with Crippen LogP contribution in [-0.2, 0) is 0 Å². The molecule has 76 valence electrons. The fraction of sp³-hybridized carbons (Fsp3) is 0. The lowest BCUT2D eigenvalue weighted by atomic mass is 10.1. The number of benzene rings is 1. The number of nitrogens with one attached hydrogen (secondary N) is 1. The normalized spacial score (nSPS) is 10.3. The lowest BCUT2D eigenvalue weighted by Gasteiger charge is -2.00. The van der Waals surface area contributed by atoms with E-state index in [2.05, 4.69) is 10.2 Å². The standard InChI is InChI=1S/C10H6F2N2O/c11-8-2-1-6(3-9(8)12)10-4-7(15)5-13-14-10/h1-5H,(H,14,15). The zero-order valence-corrected chi connectivity index (χ0v) is 7.50. The lowest BCUT2D eigenvalue weighted by molar-refractivity contribution is 0.509. The van der Waals surface area contributed by atoms with E-state index in [1.807, 2.05) is 0 Å². The first-order valence-electron chi connectivity index (χ1n) is 4.17. The zero-order valence-electron chi connectivity index (χ0n) is 7.50. The Hall–Kier alpha value is -2.04. The van der Waals surface area contributed by atoms with Crippen LogP contribution in [0.25, 0.3) is 11.3 Å². The molecule has 2 aromatic rings. The molecule has 5 heteroatoms. The highest BCUT2D eigenvalue weighted by atomic mass is 19.2. The first-order valence-corrected chi connectivity index (χ1v) is 4.17. The summed E-state index contributed by atoms with van der Waals surface area (Å²) in [4.78, 5) is 11.0. The molecule has 0 saturated carbocycles. The first kappa shape index (κ1) is 9.51. The first-order chi connectivity index (χ1) is 7.16. The molecule has 1 aromatic carbocycles. The van der Waals surface area contributed by atoms with Gasteiger partial charge in [-0.05, 0) is 18.2 Å². The van der Waals surface area contributed by atoms with E-state index < -0.39 is 11.6 Å². The zero-order chi connectivity index (χ0) is 10.8. The van der Waals surface area contributed by atoms with Gasteiger partial charge < -0.3 is 0 Å². The topological polar surface area (TPSA) is 45.8 Å². The Morgan fingerprint density at radius 3 is 2.60 bits per heavy atom. The molecule has 2 rings (SSSR count). The number of nitrogens with zero attached hydrogens (tertiary/aromatic N) is 1. The smallest absolute Gasteiger partial charge is 0.200 e. The monoisotopic (exact) mass is 208 g/mol. The summed E-state index contributed by atoms with van der Waals surface area (Å²) in [5.74, 6) is -1.89. The second kappa shape index (κ2) is 3.61. The fourth-order valence-corrected chi connectivity index (χ4v) is 1.19. The molecular formula is C10H6F2N2O. The van der Waals surface area contributed by atoms with Gasteiger partial charge in [0.2, 0.25) is 5.43 Å². The minimum Gasteiger partial charge on any atom is -0.288 e. The Bertz CT molecular complexity index is 551. The summed E-state index contributed by atoms with van der Waals surface area (Å²) in [5.41, 5.74) is 0.425. The van der Waals surface area contributed by atoms with Crippen molar-refractivity contribution in [2.75, 3.05) is 0 Å². The third-order valence-electron chi connectivity index (χ3n) is 1.89. The lowest BCUT2D eigenvalue weighted by Crippen LogP contribution is -2.01. The van der Waals surface area contributed by atoms with Crippen molar-refractivity contribution in [2.45, 2.75) is 0 Å². The summed E-state index contributed by atoms with van der Waals surface area (Å²) in [5, 5.41) is 6.09. The Balaban J connectivity index is 2.55. The van der Waals surface area contributed by atoms with E-state index in [-0.39, 0.29) is 5.43 Å². The molecular weight excluding hydrogens is 202 g/mol. The minimum atomic E-state index is -0.961. The van der Waals surface area contributed by atoms with Gasteiger partial charge in [0.1, 0.15) is 0 Å². The van der Waals surface area contributed by atoms with Crippen LogP contribution in [0.2, 0.25) is 0 Å². The van der Waals surface area contributed by atoms with E-state index in [0.29, 0.717) is 11.3 Å². The maximum absolute atomic E-state index is 12.9. The maximum Gasteiger partial charge on any atom is 0.200 e. The van der Waals surface area contributed by atoms with E-state index in [0.717, 1.165) is 18.3 Å². The molecule has 3 nitrogen and oxygen atoms in total. The summed E-state index contributed by atoms with van der Waals surface area (Å²) in [6.45, 7) is 0. The third-order valence-corrected chi connectivity index (χ3v) is 1.89. The van der Waals surface area contributed by atoms with Gasteiger partial charge in [0.25, 0.3) is 0 Å². The van der Waals surface area contributed by atoms with Crippen LogP contribution in [0.4, 0.5) is 8.78 Å². The predicted molar refractivity (Wildman–Crippen MR) is 50.2 cm³/mol. The van der Waals surface area contributed by atoms with Crippen molar-refractivity contribution in [1.82, 2.24) is 10.2 Å². The third kappa shape index (κ3) is 1.90. The largest absolute Gasteiger partial charge is 0.288 e. The number of halogens is 2. The summed E-state index contributed by atoms with van der Waals surface area (Å²) >= 11 is 0. The van der Waals surface area contributed by atoms with E-state index in [4.69, 9.17) is 0 Å². The highest BCUT2D eigenvalue weighted by Gasteiger charge is 2.04. The van der Waals surface area contributed by atoms with E-state index >= 15 is 0 Å². The molecule has 0 saturated heterocycles. The van der Waals surface area contributed by atoms with Gasteiger partial charge in [-0.25, -0.2) is 8.78 Å². The number of aromatic nitrogens is 2. The van der Waals surface area contributed by atoms with E-state index in [9.17, 15) is 13.6 Å². The second-order valence-corrected chi connectivity index (χ2v) is 2.96. The van der Waals surface area contributed by atoms with Gasteiger partial charge in [0.05, 0.1) is 11.9 Å². The van der Waals surface area contributed by atoms with E-state index in [1.165, 1.54) is 12.1 Å². The van der Waals surface area contributed by atoms with Crippen LogP contribution in [0.15, 0.2) is 35.3 Å². The number of hydrogen-bond acceptors (Lipinski definition) is 2. The summed E-state index contributed by atoms with van der Waals surface area (Å²) in [7, 11) is 0. The van der Waals surface area contributed by atoms with Crippen LogP contribution in [0.5, 0.6) is 0 Å². The molecule has 0 spiro atoms. The molecule has 0 radical (unpaired) electrons. The molecule has 0 fully saturated rings. The summed E-state index contributed by atoms with van der Waals surface area (Å²) in [6, 6.07) is 4.63. The fourth-order valence-electron chi connectivity index (χ4n) is 1.19. The van der Waals surface area contributed by atoms with Crippen molar-refractivity contribution in [2.24, 2.45) is 0 Å². The number of aromatic amines is 1. The number of hydrogen-bond donors (Lipinski definition) is 1. The Labute approximate surface area is 83.4 Å².